The molecule has 0 bridgehead atoms. The summed E-state index contributed by atoms with van der Waals surface area (Å²) in [5.41, 5.74) is 3.93. The molecule has 1 rings (SSSR count). The third-order valence-electron chi connectivity index (χ3n) is 2.21. The van der Waals surface area contributed by atoms with Crippen LogP contribution in [-0.2, 0) is 15.1 Å². The number of carbonyl (C=O) groups excluding carboxylic acids is 1. The molecular formula is C11H14ClNO3. The van der Waals surface area contributed by atoms with E-state index in [0.717, 1.165) is 0 Å². The number of benzene rings is 1. The van der Waals surface area contributed by atoms with E-state index in [1.165, 1.54) is 6.07 Å². The van der Waals surface area contributed by atoms with Crippen LogP contribution in [0.25, 0.3) is 0 Å². The van der Waals surface area contributed by atoms with Crippen LogP contribution in [0.3, 0.4) is 0 Å². The van der Waals surface area contributed by atoms with Crippen LogP contribution in [0.2, 0.25) is 5.02 Å². The van der Waals surface area contributed by atoms with Crippen LogP contribution in [0.15, 0.2) is 24.3 Å². The topological polar surface area (TPSA) is 72.5 Å². The second kappa shape index (κ2) is 5.30. The highest BCUT2D eigenvalue weighted by Gasteiger charge is 2.38. The number of nitrogens with two attached hydrogens (primary N) is 1. The molecule has 3 N–H and O–H groups in total. The minimum absolute atomic E-state index is 0.182. The second-order valence-electron chi connectivity index (χ2n) is 3.30. The predicted octanol–water partition coefficient (Wildman–Crippen LogP) is 1.05. The Hall–Kier alpha value is -1.10. The summed E-state index contributed by atoms with van der Waals surface area (Å²) < 4.78 is 4.78. The maximum absolute atomic E-state index is 11.6. The van der Waals surface area contributed by atoms with Crippen molar-refractivity contribution in [2.75, 3.05) is 13.2 Å². The van der Waals surface area contributed by atoms with Crippen molar-refractivity contribution in [2.45, 2.75) is 12.5 Å². The number of hydrogen-bond donors (Lipinski definition) is 2. The minimum atomic E-state index is -1.83. The Morgan fingerprint density at radius 3 is 2.81 bits per heavy atom. The number of hydrogen-bond acceptors (Lipinski definition) is 4. The van der Waals surface area contributed by atoms with Gasteiger partial charge in [0.05, 0.1) is 6.61 Å². The van der Waals surface area contributed by atoms with Gasteiger partial charge in [-0.25, -0.2) is 4.79 Å². The molecular weight excluding hydrogens is 230 g/mol. The van der Waals surface area contributed by atoms with Gasteiger partial charge in [0, 0.05) is 11.6 Å². The zero-order chi connectivity index (χ0) is 12.2. The lowest BCUT2D eigenvalue weighted by atomic mass is 9.94. The molecule has 0 aliphatic heterocycles. The van der Waals surface area contributed by atoms with E-state index in [2.05, 4.69) is 0 Å². The molecule has 0 aliphatic rings. The van der Waals surface area contributed by atoms with Crippen molar-refractivity contribution in [1.29, 1.82) is 0 Å². The number of rotatable bonds is 4. The molecule has 0 aliphatic carbocycles. The van der Waals surface area contributed by atoms with E-state index in [-0.39, 0.29) is 13.2 Å². The van der Waals surface area contributed by atoms with Gasteiger partial charge in [0.25, 0.3) is 0 Å². The molecule has 1 aromatic carbocycles. The summed E-state index contributed by atoms with van der Waals surface area (Å²) in [5.74, 6) is -0.764. The summed E-state index contributed by atoms with van der Waals surface area (Å²) in [7, 11) is 0. The van der Waals surface area contributed by atoms with Gasteiger partial charge in [-0.2, -0.15) is 0 Å². The van der Waals surface area contributed by atoms with E-state index in [1.54, 1.807) is 25.1 Å². The van der Waals surface area contributed by atoms with E-state index in [4.69, 9.17) is 22.1 Å². The van der Waals surface area contributed by atoms with Crippen molar-refractivity contribution in [1.82, 2.24) is 0 Å². The van der Waals surface area contributed by atoms with Gasteiger partial charge in [-0.3, -0.25) is 0 Å². The fraction of sp³-hybridized carbons (Fsp3) is 0.364. The van der Waals surface area contributed by atoms with Gasteiger partial charge in [0.2, 0.25) is 0 Å². The third kappa shape index (κ3) is 2.52. The van der Waals surface area contributed by atoms with E-state index < -0.39 is 11.6 Å². The average Bonchev–Trinajstić information content (AvgIpc) is 2.28. The van der Waals surface area contributed by atoms with Crippen molar-refractivity contribution in [3.05, 3.63) is 34.9 Å². The minimum Gasteiger partial charge on any atom is -0.464 e. The highest BCUT2D eigenvalue weighted by molar-refractivity contribution is 6.30. The lowest BCUT2D eigenvalue weighted by Crippen LogP contribution is -2.44. The fourth-order valence-corrected chi connectivity index (χ4v) is 1.51. The van der Waals surface area contributed by atoms with Crippen LogP contribution in [0, 0.1) is 0 Å². The molecule has 0 saturated carbocycles. The number of aliphatic hydroxyl groups is 1. The molecule has 0 spiro atoms. The van der Waals surface area contributed by atoms with E-state index in [0.29, 0.717) is 10.6 Å². The molecule has 0 fully saturated rings. The number of esters is 1. The van der Waals surface area contributed by atoms with Gasteiger partial charge in [-0.15, -0.1) is 0 Å². The van der Waals surface area contributed by atoms with Crippen LogP contribution < -0.4 is 5.73 Å². The molecule has 4 nitrogen and oxygen atoms in total. The van der Waals surface area contributed by atoms with E-state index in [1.807, 2.05) is 0 Å². The Morgan fingerprint density at radius 2 is 2.31 bits per heavy atom. The SMILES string of the molecule is CCOC(=O)C(O)(CN)c1cccc(Cl)c1. The number of halogens is 1. The molecule has 0 amide bonds. The largest absolute Gasteiger partial charge is 0.464 e. The van der Waals surface area contributed by atoms with Gasteiger partial charge < -0.3 is 15.6 Å². The maximum atomic E-state index is 11.6. The molecule has 1 aromatic rings. The average molecular weight is 244 g/mol. The Morgan fingerprint density at radius 1 is 1.62 bits per heavy atom. The van der Waals surface area contributed by atoms with Crippen molar-refractivity contribution >= 4 is 17.6 Å². The summed E-state index contributed by atoms with van der Waals surface area (Å²) in [6.45, 7) is 1.58. The first kappa shape index (κ1) is 13.0. The Kier molecular flexibility index (Phi) is 4.29. The summed E-state index contributed by atoms with van der Waals surface area (Å²) in [6, 6.07) is 6.35. The van der Waals surface area contributed by atoms with Crippen molar-refractivity contribution < 1.29 is 14.6 Å². The molecule has 0 heterocycles. The smallest absolute Gasteiger partial charge is 0.344 e. The van der Waals surface area contributed by atoms with E-state index in [9.17, 15) is 9.90 Å². The van der Waals surface area contributed by atoms with Crippen molar-refractivity contribution in [3.63, 3.8) is 0 Å². The van der Waals surface area contributed by atoms with Crippen LogP contribution in [0.5, 0.6) is 0 Å². The Bertz CT molecular complexity index is 383. The highest BCUT2D eigenvalue weighted by Crippen LogP contribution is 2.24. The maximum Gasteiger partial charge on any atom is 0.344 e. The normalized spacial score (nSPS) is 14.2. The molecule has 0 saturated heterocycles. The summed E-state index contributed by atoms with van der Waals surface area (Å²) >= 11 is 5.79. The molecule has 0 aromatic heterocycles. The van der Waals surface area contributed by atoms with Crippen LogP contribution in [0.4, 0.5) is 0 Å². The first-order chi connectivity index (χ1) is 7.54. The monoisotopic (exact) mass is 243 g/mol. The number of carbonyl (C=O) groups is 1. The first-order valence-electron chi connectivity index (χ1n) is 4.90. The third-order valence-corrected chi connectivity index (χ3v) is 2.45. The summed E-state index contributed by atoms with van der Waals surface area (Å²) in [6.07, 6.45) is 0. The van der Waals surface area contributed by atoms with Crippen LogP contribution in [0.1, 0.15) is 12.5 Å². The molecule has 5 heteroatoms. The fourth-order valence-electron chi connectivity index (χ4n) is 1.32. The van der Waals surface area contributed by atoms with Crippen molar-refractivity contribution in [3.8, 4) is 0 Å². The Labute approximate surface area is 99.0 Å². The molecule has 16 heavy (non-hydrogen) atoms. The molecule has 88 valence electrons. The number of ether oxygens (including phenoxy) is 1. The standard InChI is InChI=1S/C11H14ClNO3/c1-2-16-10(14)11(15,7-13)8-4-3-5-9(12)6-8/h3-6,15H,2,7,13H2,1H3. The molecule has 1 atom stereocenters. The lowest BCUT2D eigenvalue weighted by Gasteiger charge is -2.24. The molecule has 0 radical (unpaired) electrons. The van der Waals surface area contributed by atoms with Gasteiger partial charge in [0.1, 0.15) is 0 Å². The van der Waals surface area contributed by atoms with Crippen LogP contribution in [-0.4, -0.2) is 24.2 Å². The Balaban J connectivity index is 3.09. The van der Waals surface area contributed by atoms with Crippen LogP contribution >= 0.6 is 11.6 Å². The quantitative estimate of drug-likeness (QED) is 0.776. The zero-order valence-corrected chi connectivity index (χ0v) is 9.70. The van der Waals surface area contributed by atoms with Gasteiger partial charge in [-0.05, 0) is 24.6 Å². The lowest BCUT2D eigenvalue weighted by molar-refractivity contribution is -0.165. The first-order valence-corrected chi connectivity index (χ1v) is 5.28. The summed E-state index contributed by atoms with van der Waals surface area (Å²) in [5, 5.41) is 10.6. The van der Waals surface area contributed by atoms with Crippen molar-refractivity contribution in [2.24, 2.45) is 5.73 Å². The zero-order valence-electron chi connectivity index (χ0n) is 8.94. The predicted molar refractivity (Wildman–Crippen MR) is 61.0 cm³/mol. The second-order valence-corrected chi connectivity index (χ2v) is 3.73. The van der Waals surface area contributed by atoms with Gasteiger partial charge in [0.15, 0.2) is 5.60 Å². The van der Waals surface area contributed by atoms with E-state index >= 15 is 0 Å². The molecule has 1 unspecified atom stereocenters. The highest BCUT2D eigenvalue weighted by atomic mass is 35.5. The van der Waals surface area contributed by atoms with Gasteiger partial charge >= 0.3 is 5.97 Å². The summed E-state index contributed by atoms with van der Waals surface area (Å²) in [4.78, 5) is 11.6. The van der Waals surface area contributed by atoms with Gasteiger partial charge in [-0.1, -0.05) is 23.7 Å².